The average Bonchev–Trinajstić information content (AvgIpc) is 2.42. The third-order valence-electron chi connectivity index (χ3n) is 2.69. The first-order valence-electron chi connectivity index (χ1n) is 7.10. The molecule has 3 N–H and O–H groups in total. The van der Waals surface area contributed by atoms with Crippen LogP contribution in [0.5, 0.6) is 11.5 Å². The highest BCUT2D eigenvalue weighted by Crippen LogP contribution is 2.30. The minimum absolute atomic E-state index is 0.00921. The molecule has 1 amide bonds. The molecule has 0 aromatic heterocycles. The maximum Gasteiger partial charge on any atom is 0.224 e. The molecule has 1 aromatic carbocycles. The Morgan fingerprint density at radius 3 is 2.50 bits per heavy atom. The number of nitrogens with one attached hydrogen (secondary N) is 1. The van der Waals surface area contributed by atoms with Gasteiger partial charge < -0.3 is 20.5 Å². The van der Waals surface area contributed by atoms with Crippen LogP contribution in [-0.2, 0) is 4.79 Å². The van der Waals surface area contributed by atoms with Crippen molar-refractivity contribution in [3.8, 4) is 11.5 Å². The third-order valence-corrected chi connectivity index (χ3v) is 2.69. The Labute approximate surface area is 120 Å². The van der Waals surface area contributed by atoms with Gasteiger partial charge in [-0.25, -0.2) is 0 Å². The maximum absolute atomic E-state index is 11.7. The molecular formula is C15H24N2O3. The quantitative estimate of drug-likeness (QED) is 0.682. The number of ether oxygens (including phenoxy) is 2. The summed E-state index contributed by atoms with van der Waals surface area (Å²) in [5.74, 6) is 1.33. The van der Waals surface area contributed by atoms with Gasteiger partial charge in [-0.2, -0.15) is 0 Å². The summed E-state index contributed by atoms with van der Waals surface area (Å²) < 4.78 is 11.0. The number of amides is 1. The Kier molecular flexibility index (Phi) is 7.50. The van der Waals surface area contributed by atoms with Crippen LogP contribution in [0.25, 0.3) is 0 Å². The van der Waals surface area contributed by atoms with Crippen molar-refractivity contribution in [1.82, 2.24) is 0 Å². The molecule has 0 fully saturated rings. The molecule has 0 saturated heterocycles. The largest absolute Gasteiger partial charge is 0.490 e. The highest BCUT2D eigenvalue weighted by molar-refractivity contribution is 5.91. The molecule has 0 aliphatic rings. The first-order chi connectivity index (χ1) is 9.71. The molecule has 112 valence electrons. The molecule has 0 saturated carbocycles. The molecule has 0 heterocycles. The van der Waals surface area contributed by atoms with Crippen molar-refractivity contribution in [2.24, 2.45) is 5.73 Å². The van der Waals surface area contributed by atoms with Crippen molar-refractivity contribution in [3.05, 3.63) is 18.2 Å². The summed E-state index contributed by atoms with van der Waals surface area (Å²) in [5, 5.41) is 2.85. The second-order valence-corrected chi connectivity index (χ2v) is 4.32. The molecule has 5 nitrogen and oxygen atoms in total. The lowest BCUT2D eigenvalue weighted by Gasteiger charge is -2.13. The lowest BCUT2D eigenvalue weighted by Crippen LogP contribution is -2.12. The van der Waals surface area contributed by atoms with Crippen LogP contribution in [0.3, 0.4) is 0 Å². The van der Waals surface area contributed by atoms with Gasteiger partial charge in [0.1, 0.15) is 0 Å². The van der Waals surface area contributed by atoms with Gasteiger partial charge in [-0.05, 0) is 45.4 Å². The van der Waals surface area contributed by atoms with Crippen LogP contribution in [0.15, 0.2) is 18.2 Å². The van der Waals surface area contributed by atoms with Gasteiger partial charge in [0, 0.05) is 18.2 Å². The van der Waals surface area contributed by atoms with Crippen molar-refractivity contribution >= 4 is 11.6 Å². The number of unbranched alkanes of at least 4 members (excludes halogenated alkanes) is 1. The van der Waals surface area contributed by atoms with Gasteiger partial charge in [0.25, 0.3) is 0 Å². The van der Waals surface area contributed by atoms with E-state index in [9.17, 15) is 4.79 Å². The molecule has 0 spiro atoms. The minimum Gasteiger partial charge on any atom is -0.490 e. The van der Waals surface area contributed by atoms with Crippen LogP contribution in [0, 0.1) is 0 Å². The van der Waals surface area contributed by atoms with Gasteiger partial charge in [0.15, 0.2) is 11.5 Å². The first kappa shape index (κ1) is 16.3. The van der Waals surface area contributed by atoms with Gasteiger partial charge in [0.05, 0.1) is 13.2 Å². The Morgan fingerprint density at radius 1 is 1.15 bits per heavy atom. The number of nitrogens with two attached hydrogens (primary N) is 1. The summed E-state index contributed by atoms with van der Waals surface area (Å²) >= 11 is 0. The van der Waals surface area contributed by atoms with Crippen molar-refractivity contribution in [1.29, 1.82) is 0 Å². The van der Waals surface area contributed by atoms with E-state index in [4.69, 9.17) is 15.2 Å². The highest BCUT2D eigenvalue weighted by atomic mass is 16.5. The van der Waals surface area contributed by atoms with Crippen LogP contribution >= 0.6 is 0 Å². The lowest BCUT2D eigenvalue weighted by atomic mass is 10.2. The smallest absolute Gasteiger partial charge is 0.224 e. The van der Waals surface area contributed by atoms with E-state index in [2.05, 4.69) is 5.32 Å². The molecule has 5 heteroatoms. The molecule has 0 radical (unpaired) electrons. The standard InChI is InChI=1S/C15H24N2O3/c1-3-19-13-9-8-12(11-14(13)20-4-2)17-15(18)7-5-6-10-16/h8-9,11H,3-7,10,16H2,1-2H3,(H,17,18). The molecule has 0 aliphatic carbocycles. The molecule has 0 aliphatic heterocycles. The van der Waals surface area contributed by atoms with Gasteiger partial charge in [0.2, 0.25) is 5.91 Å². The molecule has 1 rings (SSSR count). The SMILES string of the molecule is CCOc1ccc(NC(=O)CCCCN)cc1OCC. The first-order valence-corrected chi connectivity index (χ1v) is 7.10. The number of hydrogen-bond donors (Lipinski definition) is 2. The second kappa shape index (κ2) is 9.20. The van der Waals surface area contributed by atoms with E-state index in [-0.39, 0.29) is 5.91 Å². The van der Waals surface area contributed by atoms with Gasteiger partial charge in [-0.1, -0.05) is 0 Å². The molecule has 0 unspecified atom stereocenters. The van der Waals surface area contributed by atoms with Crippen molar-refractivity contribution in [2.45, 2.75) is 33.1 Å². The van der Waals surface area contributed by atoms with E-state index in [1.54, 1.807) is 6.07 Å². The molecule has 1 aromatic rings. The van der Waals surface area contributed by atoms with Gasteiger partial charge in [-0.3, -0.25) is 4.79 Å². The van der Waals surface area contributed by atoms with E-state index in [1.807, 2.05) is 26.0 Å². The number of hydrogen-bond acceptors (Lipinski definition) is 4. The molecule has 20 heavy (non-hydrogen) atoms. The zero-order chi connectivity index (χ0) is 14.8. The number of rotatable bonds is 9. The Balaban J connectivity index is 2.66. The lowest BCUT2D eigenvalue weighted by molar-refractivity contribution is -0.116. The number of anilines is 1. The Hall–Kier alpha value is -1.75. The average molecular weight is 280 g/mol. The van der Waals surface area contributed by atoms with E-state index >= 15 is 0 Å². The van der Waals surface area contributed by atoms with Crippen LogP contribution in [0.4, 0.5) is 5.69 Å². The topological polar surface area (TPSA) is 73.6 Å². The van der Waals surface area contributed by atoms with Crippen LogP contribution in [0.1, 0.15) is 33.1 Å². The second-order valence-electron chi connectivity index (χ2n) is 4.32. The Bertz CT molecular complexity index is 422. The zero-order valence-electron chi connectivity index (χ0n) is 12.3. The summed E-state index contributed by atoms with van der Waals surface area (Å²) in [4.78, 5) is 11.7. The number of carbonyl (C=O) groups excluding carboxylic acids is 1. The zero-order valence-corrected chi connectivity index (χ0v) is 12.3. The normalized spacial score (nSPS) is 10.2. The van der Waals surface area contributed by atoms with E-state index in [0.29, 0.717) is 37.7 Å². The fourth-order valence-electron chi connectivity index (χ4n) is 1.78. The predicted octanol–water partition coefficient (Wildman–Crippen LogP) is 2.55. The summed E-state index contributed by atoms with van der Waals surface area (Å²) in [6, 6.07) is 5.41. The van der Waals surface area contributed by atoms with Crippen LogP contribution < -0.4 is 20.5 Å². The van der Waals surface area contributed by atoms with Crippen molar-refractivity contribution in [3.63, 3.8) is 0 Å². The molecule has 0 atom stereocenters. The van der Waals surface area contributed by atoms with Crippen LogP contribution in [0.2, 0.25) is 0 Å². The number of benzene rings is 1. The summed E-state index contributed by atoms with van der Waals surface area (Å²) in [7, 11) is 0. The fraction of sp³-hybridized carbons (Fsp3) is 0.533. The van der Waals surface area contributed by atoms with Gasteiger partial charge in [-0.15, -0.1) is 0 Å². The third kappa shape index (κ3) is 5.48. The minimum atomic E-state index is -0.00921. The summed E-state index contributed by atoms with van der Waals surface area (Å²) in [6.07, 6.45) is 2.15. The predicted molar refractivity (Wildman–Crippen MR) is 80.3 cm³/mol. The maximum atomic E-state index is 11.7. The molecule has 0 bridgehead atoms. The van der Waals surface area contributed by atoms with Crippen LogP contribution in [-0.4, -0.2) is 25.7 Å². The monoisotopic (exact) mass is 280 g/mol. The summed E-state index contributed by atoms with van der Waals surface area (Å²) in [5.41, 5.74) is 6.12. The van der Waals surface area contributed by atoms with Gasteiger partial charge >= 0.3 is 0 Å². The van der Waals surface area contributed by atoms with Crippen molar-refractivity contribution in [2.75, 3.05) is 25.1 Å². The van der Waals surface area contributed by atoms with Crippen molar-refractivity contribution < 1.29 is 14.3 Å². The van der Waals surface area contributed by atoms with E-state index in [1.165, 1.54) is 0 Å². The molecular weight excluding hydrogens is 256 g/mol. The number of carbonyl (C=O) groups is 1. The fourth-order valence-corrected chi connectivity index (χ4v) is 1.78. The van der Waals surface area contributed by atoms with E-state index in [0.717, 1.165) is 18.5 Å². The highest BCUT2D eigenvalue weighted by Gasteiger charge is 2.08. The Morgan fingerprint density at radius 2 is 1.85 bits per heavy atom. The van der Waals surface area contributed by atoms with E-state index < -0.39 is 0 Å². The summed E-state index contributed by atoms with van der Waals surface area (Å²) in [6.45, 7) is 5.57.